The Bertz CT molecular complexity index is 587. The fourth-order valence-corrected chi connectivity index (χ4v) is 1.71. The average molecular weight is 237 g/mol. The Balaban J connectivity index is 2.50. The molecule has 2 aromatic rings. The summed E-state index contributed by atoms with van der Waals surface area (Å²) in [6, 6.07) is 4.16. The van der Waals surface area contributed by atoms with Gasteiger partial charge in [-0.2, -0.15) is 0 Å². The van der Waals surface area contributed by atoms with Gasteiger partial charge in [0.1, 0.15) is 0 Å². The molecule has 6 heteroatoms. The molecular formula is C11H15N3O3. The molecule has 92 valence electrons. The number of aromatic nitrogens is 1. The Kier molecular flexibility index (Phi) is 3.01. The van der Waals surface area contributed by atoms with Gasteiger partial charge < -0.3 is 21.0 Å². The van der Waals surface area contributed by atoms with E-state index in [0.29, 0.717) is 11.1 Å². The number of benzene rings is 1. The van der Waals surface area contributed by atoms with Gasteiger partial charge in [0.15, 0.2) is 5.58 Å². The van der Waals surface area contributed by atoms with Crippen molar-refractivity contribution in [3.63, 3.8) is 0 Å². The Morgan fingerprint density at radius 1 is 1.47 bits per heavy atom. The molecule has 0 saturated carbocycles. The van der Waals surface area contributed by atoms with Gasteiger partial charge in [0.25, 0.3) is 0 Å². The van der Waals surface area contributed by atoms with Crippen LogP contribution in [0.2, 0.25) is 0 Å². The van der Waals surface area contributed by atoms with Crippen molar-refractivity contribution in [2.75, 3.05) is 6.61 Å². The Morgan fingerprint density at radius 3 is 2.82 bits per heavy atom. The maximum Gasteiger partial charge on any atom is 0.419 e. The molecule has 2 atom stereocenters. The van der Waals surface area contributed by atoms with Gasteiger partial charge in [-0.3, -0.25) is 4.57 Å². The fourth-order valence-electron chi connectivity index (χ4n) is 1.71. The standard InChI is InChI=1S/C11H15N3O3/c1-14-8-4-6(10(13)7(12)5-15)2-3-9(8)17-11(14)16/h2-4,7,10,15H,5,12-13H2,1H3. The lowest BCUT2D eigenvalue weighted by Crippen LogP contribution is -2.37. The molecule has 2 rings (SSSR count). The van der Waals surface area contributed by atoms with Crippen LogP contribution in [-0.4, -0.2) is 22.3 Å². The highest BCUT2D eigenvalue weighted by molar-refractivity contribution is 5.73. The van der Waals surface area contributed by atoms with E-state index in [-0.39, 0.29) is 6.61 Å². The summed E-state index contributed by atoms with van der Waals surface area (Å²) in [7, 11) is 1.62. The molecule has 0 amide bonds. The monoisotopic (exact) mass is 237 g/mol. The van der Waals surface area contributed by atoms with Crippen molar-refractivity contribution in [2.24, 2.45) is 18.5 Å². The highest BCUT2D eigenvalue weighted by atomic mass is 16.4. The van der Waals surface area contributed by atoms with E-state index in [2.05, 4.69) is 0 Å². The molecule has 0 spiro atoms. The van der Waals surface area contributed by atoms with Crippen molar-refractivity contribution in [1.82, 2.24) is 4.57 Å². The maximum absolute atomic E-state index is 11.3. The van der Waals surface area contributed by atoms with Gasteiger partial charge in [-0.1, -0.05) is 6.07 Å². The highest BCUT2D eigenvalue weighted by Gasteiger charge is 2.16. The minimum Gasteiger partial charge on any atom is -0.408 e. The third kappa shape index (κ3) is 1.97. The van der Waals surface area contributed by atoms with Crippen molar-refractivity contribution in [2.45, 2.75) is 12.1 Å². The first-order valence-electron chi connectivity index (χ1n) is 5.26. The zero-order valence-electron chi connectivity index (χ0n) is 9.46. The lowest BCUT2D eigenvalue weighted by molar-refractivity contribution is 0.250. The van der Waals surface area contributed by atoms with Crippen molar-refractivity contribution in [1.29, 1.82) is 0 Å². The van der Waals surface area contributed by atoms with Crippen LogP contribution in [0.1, 0.15) is 11.6 Å². The molecule has 1 heterocycles. The van der Waals surface area contributed by atoms with E-state index in [9.17, 15) is 4.79 Å². The van der Waals surface area contributed by atoms with Crippen molar-refractivity contribution < 1.29 is 9.52 Å². The second kappa shape index (κ2) is 4.33. The molecule has 0 saturated heterocycles. The van der Waals surface area contributed by atoms with Crippen LogP contribution in [-0.2, 0) is 7.05 Å². The first-order valence-corrected chi connectivity index (χ1v) is 5.26. The average Bonchev–Trinajstić information content (AvgIpc) is 2.63. The smallest absolute Gasteiger partial charge is 0.408 e. The van der Waals surface area contributed by atoms with Crippen LogP contribution >= 0.6 is 0 Å². The number of aryl methyl sites for hydroxylation is 1. The third-order valence-electron chi connectivity index (χ3n) is 2.87. The van der Waals surface area contributed by atoms with Crippen molar-refractivity contribution in [3.8, 4) is 0 Å². The summed E-state index contributed by atoms with van der Waals surface area (Å²) in [5.41, 5.74) is 13.5. The molecule has 5 N–H and O–H groups in total. The third-order valence-corrected chi connectivity index (χ3v) is 2.87. The SMILES string of the molecule is Cn1c(=O)oc2ccc(C(N)C(N)CO)cc21. The molecule has 0 aliphatic rings. The van der Waals surface area contributed by atoms with E-state index in [4.69, 9.17) is 21.0 Å². The summed E-state index contributed by atoms with van der Waals surface area (Å²) in [6.45, 7) is -0.191. The number of hydrogen-bond acceptors (Lipinski definition) is 5. The summed E-state index contributed by atoms with van der Waals surface area (Å²) >= 11 is 0. The summed E-state index contributed by atoms with van der Waals surface area (Å²) in [6.07, 6.45) is 0. The van der Waals surface area contributed by atoms with Crippen LogP contribution in [0.5, 0.6) is 0 Å². The van der Waals surface area contributed by atoms with Gasteiger partial charge in [0.05, 0.1) is 12.1 Å². The quantitative estimate of drug-likeness (QED) is 0.664. The van der Waals surface area contributed by atoms with E-state index in [0.717, 1.165) is 5.56 Å². The molecule has 0 aliphatic carbocycles. The fraction of sp³-hybridized carbons (Fsp3) is 0.364. The lowest BCUT2D eigenvalue weighted by Gasteiger charge is -2.17. The van der Waals surface area contributed by atoms with E-state index in [1.165, 1.54) is 4.57 Å². The minimum absolute atomic E-state index is 0.191. The number of aliphatic hydroxyl groups is 1. The molecular weight excluding hydrogens is 222 g/mol. The molecule has 6 nitrogen and oxygen atoms in total. The van der Waals surface area contributed by atoms with E-state index < -0.39 is 17.8 Å². The van der Waals surface area contributed by atoms with Crippen LogP contribution in [0.25, 0.3) is 11.1 Å². The van der Waals surface area contributed by atoms with Gasteiger partial charge in [-0.05, 0) is 17.7 Å². The Morgan fingerprint density at radius 2 is 2.18 bits per heavy atom. The molecule has 0 fully saturated rings. The number of nitrogens with two attached hydrogens (primary N) is 2. The van der Waals surface area contributed by atoms with Crippen LogP contribution < -0.4 is 17.2 Å². The number of hydrogen-bond donors (Lipinski definition) is 3. The zero-order valence-corrected chi connectivity index (χ0v) is 9.46. The second-order valence-corrected chi connectivity index (χ2v) is 4.03. The molecule has 1 aromatic carbocycles. The molecule has 0 aliphatic heterocycles. The Labute approximate surface area is 97.4 Å². The summed E-state index contributed by atoms with van der Waals surface area (Å²) in [4.78, 5) is 11.3. The van der Waals surface area contributed by atoms with E-state index in [1.807, 2.05) is 0 Å². The van der Waals surface area contributed by atoms with E-state index >= 15 is 0 Å². The summed E-state index contributed by atoms with van der Waals surface area (Å²) < 4.78 is 6.41. The summed E-state index contributed by atoms with van der Waals surface area (Å²) in [5, 5.41) is 8.96. The van der Waals surface area contributed by atoms with Crippen LogP contribution in [0.15, 0.2) is 27.4 Å². The van der Waals surface area contributed by atoms with Crippen LogP contribution in [0, 0.1) is 0 Å². The van der Waals surface area contributed by atoms with Gasteiger partial charge in [0.2, 0.25) is 0 Å². The number of rotatable bonds is 3. The van der Waals surface area contributed by atoms with Gasteiger partial charge in [-0.15, -0.1) is 0 Å². The van der Waals surface area contributed by atoms with Gasteiger partial charge >= 0.3 is 5.76 Å². The van der Waals surface area contributed by atoms with Crippen molar-refractivity contribution >= 4 is 11.1 Å². The topological polar surface area (TPSA) is 107 Å². The molecule has 1 aromatic heterocycles. The molecule has 17 heavy (non-hydrogen) atoms. The first-order chi connectivity index (χ1) is 8.04. The largest absolute Gasteiger partial charge is 0.419 e. The maximum atomic E-state index is 11.3. The number of oxazole rings is 1. The lowest BCUT2D eigenvalue weighted by atomic mass is 10.0. The van der Waals surface area contributed by atoms with Crippen molar-refractivity contribution in [3.05, 3.63) is 34.3 Å². The number of aliphatic hydroxyl groups excluding tert-OH is 1. The van der Waals surface area contributed by atoms with Gasteiger partial charge in [-0.25, -0.2) is 4.79 Å². The molecule has 0 radical (unpaired) electrons. The van der Waals surface area contributed by atoms with Crippen LogP contribution in [0.4, 0.5) is 0 Å². The Hall–Kier alpha value is -1.63. The van der Waals surface area contributed by atoms with Crippen LogP contribution in [0.3, 0.4) is 0 Å². The number of nitrogens with zero attached hydrogens (tertiary/aromatic N) is 1. The predicted molar refractivity (Wildman–Crippen MR) is 63.4 cm³/mol. The normalized spacial score (nSPS) is 15.1. The van der Waals surface area contributed by atoms with E-state index in [1.54, 1.807) is 25.2 Å². The minimum atomic E-state index is -0.531. The first kappa shape index (κ1) is 11.8. The predicted octanol–water partition coefficient (Wildman–Crippen LogP) is -0.549. The molecule has 2 unspecified atom stereocenters. The zero-order chi connectivity index (χ0) is 12.6. The summed E-state index contributed by atoms with van der Waals surface area (Å²) in [5.74, 6) is -0.419. The highest BCUT2D eigenvalue weighted by Crippen LogP contribution is 2.19. The second-order valence-electron chi connectivity index (χ2n) is 4.03. The molecule has 0 bridgehead atoms. The van der Waals surface area contributed by atoms with Gasteiger partial charge in [0, 0.05) is 19.1 Å². The number of fused-ring (bicyclic) bond motifs is 1.